The first-order valence-corrected chi connectivity index (χ1v) is 2.54. The minimum absolute atomic E-state index is 0.838. The SMILES string of the molecule is O=C(NCl)NC(=O)NCl. The molecule has 0 spiro atoms. The minimum Gasteiger partial charge on any atom is -0.258 e. The van der Waals surface area contributed by atoms with E-state index in [2.05, 4.69) is 0 Å². The molecule has 3 N–H and O–H groups in total. The molecule has 0 heterocycles. The smallest absolute Gasteiger partial charge is 0.258 e. The van der Waals surface area contributed by atoms with Crippen LogP contribution in [0.4, 0.5) is 9.59 Å². The highest BCUT2D eigenvalue weighted by atomic mass is 35.5. The summed E-state index contributed by atoms with van der Waals surface area (Å²) in [5.74, 6) is 0. The zero-order chi connectivity index (χ0) is 7.28. The fourth-order valence-corrected chi connectivity index (χ4v) is 0.245. The molecule has 0 saturated heterocycles. The Morgan fingerprint density at radius 1 is 1.00 bits per heavy atom. The molecule has 7 heteroatoms. The molecular formula is C2H3Cl2N3O2. The van der Waals surface area contributed by atoms with Gasteiger partial charge in [0.05, 0.1) is 0 Å². The third-order valence-corrected chi connectivity index (χ3v) is 0.742. The van der Waals surface area contributed by atoms with Crippen LogP contribution in [0.3, 0.4) is 0 Å². The van der Waals surface area contributed by atoms with Gasteiger partial charge < -0.3 is 0 Å². The third kappa shape index (κ3) is 3.87. The molecule has 0 bridgehead atoms. The molecule has 0 atom stereocenters. The van der Waals surface area contributed by atoms with Crippen molar-refractivity contribution in [2.75, 3.05) is 0 Å². The van der Waals surface area contributed by atoms with E-state index in [1.165, 1.54) is 0 Å². The zero-order valence-electron chi connectivity index (χ0n) is 4.07. The summed E-state index contributed by atoms with van der Waals surface area (Å²) in [6, 6.07) is -1.68. The Bertz CT molecular complexity index is 113. The second kappa shape index (κ2) is 4.22. The second-order valence-corrected chi connectivity index (χ2v) is 1.35. The Balaban J connectivity index is 3.47. The van der Waals surface area contributed by atoms with Crippen molar-refractivity contribution in [2.24, 2.45) is 0 Å². The lowest BCUT2D eigenvalue weighted by molar-refractivity contribution is 0.233. The van der Waals surface area contributed by atoms with Crippen LogP contribution in [0, 0.1) is 0 Å². The molecule has 0 aromatic heterocycles. The molecule has 0 aliphatic carbocycles. The van der Waals surface area contributed by atoms with Crippen molar-refractivity contribution in [2.45, 2.75) is 0 Å². The Kier molecular flexibility index (Phi) is 3.90. The fraction of sp³-hybridized carbons (Fsp3) is 0. The van der Waals surface area contributed by atoms with Gasteiger partial charge >= 0.3 is 12.1 Å². The molecule has 9 heavy (non-hydrogen) atoms. The van der Waals surface area contributed by atoms with Crippen LogP contribution in [-0.4, -0.2) is 12.1 Å². The number of hydrogen-bond donors (Lipinski definition) is 3. The number of urea groups is 2. The largest absolute Gasteiger partial charge is 0.337 e. The lowest BCUT2D eigenvalue weighted by Crippen LogP contribution is -2.38. The molecule has 0 aliphatic rings. The first-order valence-electron chi connectivity index (χ1n) is 1.79. The number of imide groups is 1. The average Bonchev–Trinajstić information content (AvgIpc) is 1.87. The lowest BCUT2D eigenvalue weighted by Gasteiger charge is -1.96. The van der Waals surface area contributed by atoms with E-state index in [0.717, 1.165) is 0 Å². The maximum atomic E-state index is 10.1. The maximum Gasteiger partial charge on any atom is 0.337 e. The topological polar surface area (TPSA) is 70.2 Å². The third-order valence-electron chi connectivity index (χ3n) is 0.399. The predicted molar refractivity (Wildman–Crippen MR) is 31.9 cm³/mol. The summed E-state index contributed by atoms with van der Waals surface area (Å²) in [5, 5.41) is 1.72. The van der Waals surface area contributed by atoms with Crippen molar-refractivity contribution < 1.29 is 9.59 Å². The molecule has 0 fully saturated rings. The molecule has 0 unspecified atom stereocenters. The van der Waals surface area contributed by atoms with Crippen LogP contribution in [0.25, 0.3) is 0 Å². The van der Waals surface area contributed by atoms with Crippen LogP contribution in [0.1, 0.15) is 0 Å². The van der Waals surface area contributed by atoms with Gasteiger partial charge in [-0.1, -0.05) is 0 Å². The molecule has 0 saturated carbocycles. The lowest BCUT2D eigenvalue weighted by atomic mass is 10.9. The van der Waals surface area contributed by atoms with Gasteiger partial charge in [0.25, 0.3) is 0 Å². The van der Waals surface area contributed by atoms with Gasteiger partial charge in [-0.25, -0.2) is 19.3 Å². The van der Waals surface area contributed by atoms with E-state index in [9.17, 15) is 9.59 Å². The van der Waals surface area contributed by atoms with E-state index in [0.29, 0.717) is 0 Å². The van der Waals surface area contributed by atoms with Gasteiger partial charge in [-0.3, -0.25) is 5.32 Å². The van der Waals surface area contributed by atoms with E-state index in [4.69, 9.17) is 23.6 Å². The summed E-state index contributed by atoms with van der Waals surface area (Å²) >= 11 is 9.54. The van der Waals surface area contributed by atoms with Crippen LogP contribution in [0.15, 0.2) is 0 Å². The molecular weight excluding hydrogens is 169 g/mol. The summed E-state index contributed by atoms with van der Waals surface area (Å²) in [7, 11) is 0. The van der Waals surface area contributed by atoms with Crippen LogP contribution in [0.2, 0.25) is 0 Å². The van der Waals surface area contributed by atoms with Gasteiger partial charge in [-0.15, -0.1) is 0 Å². The van der Waals surface area contributed by atoms with Crippen molar-refractivity contribution in [3.8, 4) is 0 Å². The first kappa shape index (κ1) is 8.32. The van der Waals surface area contributed by atoms with Crippen molar-refractivity contribution in [1.82, 2.24) is 15.0 Å². The normalized spacial score (nSPS) is 7.78. The number of hydrogen-bond acceptors (Lipinski definition) is 2. The van der Waals surface area contributed by atoms with Gasteiger partial charge in [0.2, 0.25) is 0 Å². The van der Waals surface area contributed by atoms with Gasteiger partial charge in [0.15, 0.2) is 0 Å². The highest BCUT2D eigenvalue weighted by molar-refractivity contribution is 6.25. The first-order chi connectivity index (χ1) is 4.20. The Morgan fingerprint density at radius 2 is 1.33 bits per heavy atom. The van der Waals surface area contributed by atoms with Crippen molar-refractivity contribution in [1.29, 1.82) is 0 Å². The molecule has 0 aromatic carbocycles. The summed E-state index contributed by atoms with van der Waals surface area (Å²) in [6.07, 6.45) is 0. The zero-order valence-corrected chi connectivity index (χ0v) is 5.58. The van der Waals surface area contributed by atoms with E-state index in [1.54, 1.807) is 15.0 Å². The molecule has 0 rings (SSSR count). The highest BCUT2D eigenvalue weighted by Crippen LogP contribution is 1.69. The Hall–Kier alpha value is -0.680. The number of amides is 4. The number of carbonyl (C=O) groups is 2. The standard InChI is InChI=1S/C2H3Cl2N3O2/c3-6-1(8)5-2(9)7-4/h(H3,5,6,7,8,9). The molecule has 5 nitrogen and oxygen atoms in total. The van der Waals surface area contributed by atoms with Crippen LogP contribution >= 0.6 is 23.6 Å². The monoisotopic (exact) mass is 171 g/mol. The molecule has 0 aliphatic heterocycles. The minimum atomic E-state index is -0.838. The van der Waals surface area contributed by atoms with Gasteiger partial charge in [0, 0.05) is 23.6 Å². The fourth-order valence-electron chi connectivity index (χ4n) is 0.150. The Labute approximate surface area is 60.9 Å². The Morgan fingerprint density at radius 3 is 1.56 bits per heavy atom. The number of carbonyl (C=O) groups excluding carboxylic acids is 2. The maximum absolute atomic E-state index is 10.1. The van der Waals surface area contributed by atoms with Gasteiger partial charge in [0.1, 0.15) is 0 Å². The molecule has 0 aromatic rings. The number of nitrogens with one attached hydrogen (secondary N) is 3. The van der Waals surface area contributed by atoms with Gasteiger partial charge in [-0.2, -0.15) is 0 Å². The second-order valence-electron chi connectivity index (χ2n) is 0.972. The highest BCUT2D eigenvalue weighted by Gasteiger charge is 2.01. The molecule has 4 amide bonds. The van der Waals surface area contributed by atoms with Crippen molar-refractivity contribution >= 4 is 35.6 Å². The molecule has 0 radical (unpaired) electrons. The summed E-state index contributed by atoms with van der Waals surface area (Å²) in [4.78, 5) is 23.5. The van der Waals surface area contributed by atoms with Crippen LogP contribution in [-0.2, 0) is 0 Å². The van der Waals surface area contributed by atoms with E-state index < -0.39 is 12.1 Å². The van der Waals surface area contributed by atoms with Crippen LogP contribution < -0.4 is 15.0 Å². The van der Waals surface area contributed by atoms with Crippen molar-refractivity contribution in [3.63, 3.8) is 0 Å². The van der Waals surface area contributed by atoms with E-state index >= 15 is 0 Å². The number of halogens is 2. The van der Waals surface area contributed by atoms with Gasteiger partial charge in [-0.05, 0) is 0 Å². The summed E-state index contributed by atoms with van der Waals surface area (Å²) in [5.41, 5.74) is 0. The number of rotatable bonds is 0. The van der Waals surface area contributed by atoms with Crippen LogP contribution in [0.5, 0.6) is 0 Å². The van der Waals surface area contributed by atoms with Crippen molar-refractivity contribution in [3.05, 3.63) is 0 Å². The van der Waals surface area contributed by atoms with E-state index in [1.807, 2.05) is 0 Å². The quantitative estimate of drug-likeness (QED) is 0.460. The summed E-state index contributed by atoms with van der Waals surface area (Å²) in [6.45, 7) is 0. The molecule has 52 valence electrons. The summed E-state index contributed by atoms with van der Waals surface area (Å²) < 4.78 is 0. The average molecular weight is 172 g/mol. The van der Waals surface area contributed by atoms with E-state index in [-0.39, 0.29) is 0 Å². The predicted octanol–water partition coefficient (Wildman–Crippen LogP) is 0.303.